The summed E-state index contributed by atoms with van der Waals surface area (Å²) in [5.74, 6) is -0.710. The Labute approximate surface area is 59.8 Å². The van der Waals surface area contributed by atoms with Crippen molar-refractivity contribution in [2.45, 2.75) is 6.04 Å². The van der Waals surface area contributed by atoms with Crippen molar-refractivity contribution < 1.29 is 15.2 Å². The number of carboxylic acids is 1. The summed E-state index contributed by atoms with van der Waals surface area (Å²) in [7, 11) is 1.85. The van der Waals surface area contributed by atoms with E-state index in [1.165, 1.54) is 0 Å². The molecule has 0 radical (unpaired) electrons. The maximum atomic E-state index is 10.5. The smallest absolute Gasteiger partial charge is 0.326 e. The molecule has 0 amide bonds. The van der Waals surface area contributed by atoms with Gasteiger partial charge in [0, 0.05) is 6.54 Å². The van der Waals surface area contributed by atoms with Gasteiger partial charge in [0.2, 0.25) is 0 Å². The molecule has 3 N–H and O–H groups in total. The van der Waals surface area contributed by atoms with Gasteiger partial charge in [0.05, 0.1) is 6.54 Å². The maximum absolute atomic E-state index is 10.5. The van der Waals surface area contributed by atoms with E-state index < -0.39 is 5.97 Å². The van der Waals surface area contributed by atoms with Crippen LogP contribution in [0, 0.1) is 0 Å². The number of piperazine rings is 1. The molecular weight excluding hydrogens is 132 g/mol. The minimum atomic E-state index is -0.710. The average molecular weight is 145 g/mol. The third kappa shape index (κ3) is 1.46. The number of carbonyl (C=O) groups is 1. The molecule has 0 aromatic rings. The number of aliphatic carboxylic acids is 1. The Bertz CT molecular complexity index is 138. The average Bonchev–Trinajstić information content (AvgIpc) is 1.88. The summed E-state index contributed by atoms with van der Waals surface area (Å²) in [4.78, 5) is 12.4. The Morgan fingerprint density at radius 2 is 2.50 bits per heavy atom. The molecule has 1 aliphatic rings. The van der Waals surface area contributed by atoms with Crippen LogP contribution in [0.15, 0.2) is 0 Å². The van der Waals surface area contributed by atoms with Gasteiger partial charge in [-0.1, -0.05) is 0 Å². The predicted octanol–water partition coefficient (Wildman–Crippen LogP) is -2.05. The molecule has 1 unspecified atom stereocenters. The molecule has 1 fully saturated rings. The minimum Gasteiger partial charge on any atom is -0.480 e. The standard InChI is InChI=1S/C6H12N2O2/c1-8-3-2-7-4-5(8)6(9)10/h5,7H,2-4H2,1H3,(H,9,10)/p+1. The van der Waals surface area contributed by atoms with Crippen LogP contribution < -0.4 is 5.32 Å². The molecule has 1 heterocycles. The zero-order chi connectivity index (χ0) is 7.56. The van der Waals surface area contributed by atoms with Gasteiger partial charge >= 0.3 is 5.97 Å². The summed E-state index contributed by atoms with van der Waals surface area (Å²) >= 11 is 0. The molecule has 4 heteroatoms. The number of quaternary nitrogens is 1. The highest BCUT2D eigenvalue weighted by atomic mass is 16.4. The Morgan fingerprint density at radius 3 is 2.90 bits per heavy atom. The summed E-state index contributed by atoms with van der Waals surface area (Å²) in [6.07, 6.45) is 0. The summed E-state index contributed by atoms with van der Waals surface area (Å²) in [5, 5.41) is 10.7. The van der Waals surface area contributed by atoms with Crippen molar-refractivity contribution in [3.63, 3.8) is 0 Å². The van der Waals surface area contributed by atoms with Crippen molar-refractivity contribution >= 4 is 5.97 Å². The Kier molecular flexibility index (Phi) is 2.24. The fraction of sp³-hybridized carbons (Fsp3) is 0.833. The van der Waals surface area contributed by atoms with Gasteiger partial charge in [-0.05, 0) is 7.05 Å². The molecule has 58 valence electrons. The molecule has 0 saturated carbocycles. The predicted molar refractivity (Wildman–Crippen MR) is 35.7 cm³/mol. The summed E-state index contributed by atoms with van der Waals surface area (Å²) in [6.45, 7) is 2.57. The van der Waals surface area contributed by atoms with E-state index in [0.717, 1.165) is 13.1 Å². The first kappa shape index (κ1) is 7.50. The van der Waals surface area contributed by atoms with Gasteiger partial charge < -0.3 is 10.4 Å². The third-order valence-corrected chi connectivity index (χ3v) is 1.89. The van der Waals surface area contributed by atoms with Gasteiger partial charge in [-0.25, -0.2) is 0 Å². The van der Waals surface area contributed by atoms with E-state index in [2.05, 4.69) is 0 Å². The summed E-state index contributed by atoms with van der Waals surface area (Å²) in [6, 6.07) is -0.284. The van der Waals surface area contributed by atoms with Gasteiger partial charge in [-0.3, -0.25) is 9.69 Å². The Balaban J connectivity index is 2.47. The van der Waals surface area contributed by atoms with E-state index in [-0.39, 0.29) is 6.04 Å². The highest BCUT2D eigenvalue weighted by molar-refractivity contribution is 5.73. The van der Waals surface area contributed by atoms with E-state index in [1.807, 2.05) is 17.3 Å². The van der Waals surface area contributed by atoms with Gasteiger partial charge in [0.1, 0.15) is 6.54 Å². The fourth-order valence-electron chi connectivity index (χ4n) is 1.20. The highest BCUT2D eigenvalue weighted by Crippen LogP contribution is 1.94. The molecule has 1 rings (SSSR count). The third-order valence-electron chi connectivity index (χ3n) is 1.89. The molecule has 0 aliphatic carbocycles. The van der Waals surface area contributed by atoms with Crippen LogP contribution in [0.1, 0.15) is 0 Å². The van der Waals surface area contributed by atoms with Crippen LogP contribution in [0.25, 0.3) is 0 Å². The number of rotatable bonds is 1. The molecule has 4 nitrogen and oxygen atoms in total. The fourth-order valence-corrected chi connectivity index (χ4v) is 1.20. The first-order chi connectivity index (χ1) is 4.72. The number of likely N-dealkylation sites (N-methyl/N-ethyl adjacent to an activating group) is 1. The Morgan fingerprint density at radius 1 is 1.80 bits per heavy atom. The molecule has 1 saturated heterocycles. The first-order valence-corrected chi connectivity index (χ1v) is 3.46. The topological polar surface area (TPSA) is 57.2 Å². The lowest BCUT2D eigenvalue weighted by Gasteiger charge is -2.26. The molecule has 1 aliphatic heterocycles. The molecule has 0 aromatic carbocycles. The first-order valence-electron chi connectivity index (χ1n) is 3.46. The quantitative estimate of drug-likeness (QED) is 0.446. The summed E-state index contributed by atoms with van der Waals surface area (Å²) in [5.41, 5.74) is 0. The number of carboxylic acid groups (broad SMARTS) is 1. The van der Waals surface area contributed by atoms with Crippen molar-refractivity contribution in [3.05, 3.63) is 0 Å². The SMILES string of the molecule is CN1CC[NH2+]CC1C(=O)O. The molecule has 0 spiro atoms. The Hall–Kier alpha value is -0.610. The van der Waals surface area contributed by atoms with E-state index in [9.17, 15) is 4.79 Å². The maximum Gasteiger partial charge on any atom is 0.326 e. The minimum absolute atomic E-state index is 0.284. The second kappa shape index (κ2) is 2.98. The van der Waals surface area contributed by atoms with Gasteiger partial charge in [0.15, 0.2) is 6.04 Å². The summed E-state index contributed by atoms with van der Waals surface area (Å²) < 4.78 is 0. The number of hydrogen-bond donors (Lipinski definition) is 2. The lowest BCUT2D eigenvalue weighted by Crippen LogP contribution is -2.92. The zero-order valence-corrected chi connectivity index (χ0v) is 6.08. The number of nitrogens with two attached hydrogens (primary N) is 1. The lowest BCUT2D eigenvalue weighted by molar-refractivity contribution is -0.666. The molecular formula is C6H13N2O2+. The molecule has 1 atom stereocenters. The second-order valence-corrected chi connectivity index (χ2v) is 2.65. The van der Waals surface area contributed by atoms with Crippen molar-refractivity contribution in [3.8, 4) is 0 Å². The van der Waals surface area contributed by atoms with Crippen LogP contribution in [-0.4, -0.2) is 48.7 Å². The molecule has 10 heavy (non-hydrogen) atoms. The highest BCUT2D eigenvalue weighted by Gasteiger charge is 2.27. The van der Waals surface area contributed by atoms with Gasteiger partial charge in [0.25, 0.3) is 0 Å². The molecule has 0 aromatic heterocycles. The van der Waals surface area contributed by atoms with Crippen LogP contribution >= 0.6 is 0 Å². The van der Waals surface area contributed by atoms with Gasteiger partial charge in [-0.2, -0.15) is 0 Å². The van der Waals surface area contributed by atoms with E-state index in [4.69, 9.17) is 5.11 Å². The van der Waals surface area contributed by atoms with Crippen LogP contribution in [0.5, 0.6) is 0 Å². The van der Waals surface area contributed by atoms with Crippen molar-refractivity contribution in [2.24, 2.45) is 0 Å². The van der Waals surface area contributed by atoms with Crippen LogP contribution in [-0.2, 0) is 4.79 Å². The van der Waals surface area contributed by atoms with Crippen molar-refractivity contribution in [1.82, 2.24) is 4.90 Å². The van der Waals surface area contributed by atoms with Crippen molar-refractivity contribution in [2.75, 3.05) is 26.7 Å². The van der Waals surface area contributed by atoms with Crippen LogP contribution in [0.3, 0.4) is 0 Å². The second-order valence-electron chi connectivity index (χ2n) is 2.65. The zero-order valence-electron chi connectivity index (χ0n) is 6.08. The normalized spacial score (nSPS) is 28.3. The van der Waals surface area contributed by atoms with Crippen molar-refractivity contribution in [1.29, 1.82) is 0 Å². The van der Waals surface area contributed by atoms with E-state index in [1.54, 1.807) is 0 Å². The monoisotopic (exact) mass is 145 g/mol. The largest absolute Gasteiger partial charge is 0.480 e. The number of hydrogen-bond acceptors (Lipinski definition) is 2. The number of nitrogens with zero attached hydrogens (tertiary/aromatic N) is 1. The lowest BCUT2D eigenvalue weighted by atomic mass is 10.2. The van der Waals surface area contributed by atoms with E-state index in [0.29, 0.717) is 6.54 Å². The van der Waals surface area contributed by atoms with E-state index >= 15 is 0 Å². The van der Waals surface area contributed by atoms with Crippen LogP contribution in [0.4, 0.5) is 0 Å². The molecule has 0 bridgehead atoms. The van der Waals surface area contributed by atoms with Crippen LogP contribution in [0.2, 0.25) is 0 Å². The van der Waals surface area contributed by atoms with Gasteiger partial charge in [-0.15, -0.1) is 0 Å².